The molecule has 204 valence electrons. The number of para-hydroxylation sites is 1. The van der Waals surface area contributed by atoms with E-state index >= 15 is 0 Å². The number of hydrogen-bond acceptors (Lipinski definition) is 5. The van der Waals surface area contributed by atoms with E-state index in [1.54, 1.807) is 6.26 Å². The maximum absolute atomic E-state index is 13.8. The molecule has 8 nitrogen and oxygen atoms in total. The number of rotatable bonds is 8. The van der Waals surface area contributed by atoms with E-state index in [0.29, 0.717) is 26.2 Å². The van der Waals surface area contributed by atoms with Gasteiger partial charge in [0, 0.05) is 31.3 Å². The third-order valence-electron chi connectivity index (χ3n) is 8.37. The third-order valence-corrected chi connectivity index (χ3v) is 9.31. The first-order valence-corrected chi connectivity index (χ1v) is 15.0. The molecule has 3 aliphatic rings. The summed E-state index contributed by atoms with van der Waals surface area (Å²) in [5.41, 5.74) is 3.17. The zero-order valence-electron chi connectivity index (χ0n) is 22.3. The van der Waals surface area contributed by atoms with Gasteiger partial charge >= 0.3 is 0 Å². The summed E-state index contributed by atoms with van der Waals surface area (Å²) in [5, 5.41) is 3.03. The SMILES string of the molecule is CN1CCC[C@H]1C(=O)N[C@H](COCc1ccccc1)C(=O)N1CCC2(CC1)CN(S(C)=O)c1ccccc12. The highest BCUT2D eigenvalue weighted by Gasteiger charge is 2.46. The second kappa shape index (κ2) is 11.6. The number of likely N-dealkylation sites (N-methyl/N-ethyl adjacent to an activating group) is 1. The van der Waals surface area contributed by atoms with Crippen molar-refractivity contribution in [3.8, 4) is 0 Å². The van der Waals surface area contributed by atoms with Crippen LogP contribution in [0.1, 0.15) is 36.8 Å². The Labute approximate surface area is 227 Å². The van der Waals surface area contributed by atoms with Gasteiger partial charge in [-0.1, -0.05) is 48.5 Å². The molecule has 3 heterocycles. The molecular formula is C29H38N4O4S. The summed E-state index contributed by atoms with van der Waals surface area (Å²) in [6.07, 6.45) is 5.08. The van der Waals surface area contributed by atoms with Crippen LogP contribution < -0.4 is 9.62 Å². The monoisotopic (exact) mass is 538 g/mol. The smallest absolute Gasteiger partial charge is 0.247 e. The van der Waals surface area contributed by atoms with Crippen LogP contribution in [0.4, 0.5) is 5.69 Å². The first-order chi connectivity index (χ1) is 18.4. The Morgan fingerprint density at radius 2 is 1.79 bits per heavy atom. The molecule has 1 spiro atoms. The number of anilines is 1. The second-order valence-electron chi connectivity index (χ2n) is 10.8. The van der Waals surface area contributed by atoms with Gasteiger partial charge < -0.3 is 15.0 Å². The van der Waals surface area contributed by atoms with E-state index in [1.807, 2.05) is 69.7 Å². The van der Waals surface area contributed by atoms with Crippen LogP contribution >= 0.6 is 0 Å². The van der Waals surface area contributed by atoms with Crippen molar-refractivity contribution in [3.63, 3.8) is 0 Å². The lowest BCUT2D eigenvalue weighted by molar-refractivity contribution is -0.140. The molecule has 0 aliphatic carbocycles. The van der Waals surface area contributed by atoms with Crippen LogP contribution in [0.15, 0.2) is 54.6 Å². The second-order valence-corrected chi connectivity index (χ2v) is 12.1. The third kappa shape index (κ3) is 5.51. The fraction of sp³-hybridized carbons (Fsp3) is 0.517. The van der Waals surface area contributed by atoms with Crippen molar-refractivity contribution in [2.45, 2.75) is 49.8 Å². The zero-order chi connectivity index (χ0) is 26.7. The molecule has 0 aromatic heterocycles. The van der Waals surface area contributed by atoms with Crippen molar-refractivity contribution < 1.29 is 18.5 Å². The summed E-state index contributed by atoms with van der Waals surface area (Å²) >= 11 is 0. The van der Waals surface area contributed by atoms with Gasteiger partial charge in [0.1, 0.15) is 17.0 Å². The Kier molecular flexibility index (Phi) is 8.16. The van der Waals surface area contributed by atoms with Crippen molar-refractivity contribution in [2.24, 2.45) is 0 Å². The fourth-order valence-electron chi connectivity index (χ4n) is 6.17. The van der Waals surface area contributed by atoms with Crippen molar-refractivity contribution >= 4 is 28.5 Å². The number of nitrogens with zero attached hydrogens (tertiary/aromatic N) is 3. The predicted octanol–water partition coefficient (Wildman–Crippen LogP) is 2.46. The Morgan fingerprint density at radius 1 is 1.08 bits per heavy atom. The number of piperidine rings is 1. The number of amides is 2. The minimum absolute atomic E-state index is 0.0934. The summed E-state index contributed by atoms with van der Waals surface area (Å²) < 4.78 is 20.4. The molecule has 5 rings (SSSR count). The molecular weight excluding hydrogens is 500 g/mol. The summed E-state index contributed by atoms with van der Waals surface area (Å²) in [7, 11) is 0.854. The molecule has 9 heteroatoms. The van der Waals surface area contributed by atoms with Crippen LogP contribution in [0.25, 0.3) is 0 Å². The largest absolute Gasteiger partial charge is 0.374 e. The van der Waals surface area contributed by atoms with Crippen LogP contribution in [0, 0.1) is 0 Å². The number of carbonyl (C=O) groups excluding carboxylic acids is 2. The fourth-order valence-corrected chi connectivity index (χ4v) is 7.04. The van der Waals surface area contributed by atoms with E-state index in [-0.39, 0.29) is 29.9 Å². The maximum atomic E-state index is 13.8. The number of nitrogens with one attached hydrogen (secondary N) is 1. The Morgan fingerprint density at radius 3 is 2.47 bits per heavy atom. The van der Waals surface area contributed by atoms with Crippen LogP contribution in [0.5, 0.6) is 0 Å². The van der Waals surface area contributed by atoms with Gasteiger partial charge in [-0.05, 0) is 56.5 Å². The van der Waals surface area contributed by atoms with Gasteiger partial charge in [-0.25, -0.2) is 4.21 Å². The lowest BCUT2D eigenvalue weighted by Gasteiger charge is -2.41. The van der Waals surface area contributed by atoms with E-state index in [1.165, 1.54) is 5.56 Å². The van der Waals surface area contributed by atoms with Crippen molar-refractivity contribution in [1.29, 1.82) is 0 Å². The lowest BCUT2D eigenvalue weighted by atomic mass is 9.74. The standard InChI is InChI=1S/C29H38N4O4S/c1-31-16-8-13-26(31)27(34)30-24(20-37-19-22-9-4-3-5-10-22)28(35)32-17-14-29(15-18-32)21-33(38(2)36)25-12-7-6-11-23(25)29/h3-7,9-12,24,26H,8,13-21H2,1-2H3,(H,30,34)/t24-,26+,38?/m1/s1. The molecule has 2 fully saturated rings. The van der Waals surface area contributed by atoms with Crippen LogP contribution in [-0.4, -0.2) is 84.0 Å². The molecule has 3 aliphatic heterocycles. The molecule has 2 aromatic carbocycles. The molecule has 0 bridgehead atoms. The van der Waals surface area contributed by atoms with E-state index in [9.17, 15) is 13.8 Å². The Balaban J connectivity index is 1.26. The van der Waals surface area contributed by atoms with Crippen LogP contribution in [0.3, 0.4) is 0 Å². The summed E-state index contributed by atoms with van der Waals surface area (Å²) in [6, 6.07) is 17.1. The lowest BCUT2D eigenvalue weighted by Crippen LogP contribution is -2.57. The summed E-state index contributed by atoms with van der Waals surface area (Å²) in [6.45, 7) is 3.27. The number of likely N-dealkylation sites (tertiary alicyclic amines) is 2. The Bertz CT molecular complexity index is 1170. The molecule has 1 unspecified atom stereocenters. The van der Waals surface area contributed by atoms with E-state index < -0.39 is 17.0 Å². The molecule has 38 heavy (non-hydrogen) atoms. The number of carbonyl (C=O) groups is 2. The average Bonchev–Trinajstić information content (AvgIpc) is 3.50. The number of ether oxygens (including phenoxy) is 1. The van der Waals surface area contributed by atoms with Gasteiger partial charge in [0.05, 0.1) is 24.9 Å². The van der Waals surface area contributed by atoms with Gasteiger partial charge in [-0.15, -0.1) is 0 Å². The molecule has 2 amide bonds. The van der Waals surface area contributed by atoms with Gasteiger partial charge in [0.2, 0.25) is 11.8 Å². The number of hydrogen-bond donors (Lipinski definition) is 1. The maximum Gasteiger partial charge on any atom is 0.247 e. The minimum Gasteiger partial charge on any atom is -0.374 e. The van der Waals surface area contributed by atoms with E-state index in [0.717, 1.165) is 43.5 Å². The van der Waals surface area contributed by atoms with Crippen molar-refractivity contribution in [3.05, 3.63) is 65.7 Å². The van der Waals surface area contributed by atoms with E-state index in [4.69, 9.17) is 4.74 Å². The van der Waals surface area contributed by atoms with E-state index in [2.05, 4.69) is 11.4 Å². The van der Waals surface area contributed by atoms with Gasteiger partial charge in [-0.3, -0.25) is 18.8 Å². The van der Waals surface area contributed by atoms with Gasteiger partial charge in [0.25, 0.3) is 0 Å². The minimum atomic E-state index is -1.10. The van der Waals surface area contributed by atoms with Crippen molar-refractivity contribution in [2.75, 3.05) is 50.4 Å². The zero-order valence-corrected chi connectivity index (χ0v) is 23.1. The molecule has 0 saturated carbocycles. The average molecular weight is 539 g/mol. The molecule has 2 aromatic rings. The van der Waals surface area contributed by atoms with Crippen molar-refractivity contribution in [1.82, 2.24) is 15.1 Å². The van der Waals surface area contributed by atoms with Gasteiger partial charge in [0.15, 0.2) is 0 Å². The summed E-state index contributed by atoms with van der Waals surface area (Å²) in [5.74, 6) is -0.199. The highest BCUT2D eigenvalue weighted by Crippen LogP contribution is 2.47. The Hall–Kier alpha value is -2.75. The first kappa shape index (κ1) is 26.8. The highest BCUT2D eigenvalue weighted by molar-refractivity contribution is 7.85. The van der Waals surface area contributed by atoms with Gasteiger partial charge in [-0.2, -0.15) is 0 Å². The molecule has 2 saturated heterocycles. The number of benzene rings is 2. The normalized spacial score (nSPS) is 22.3. The number of fused-ring (bicyclic) bond motifs is 2. The topological polar surface area (TPSA) is 82.2 Å². The molecule has 1 N–H and O–H groups in total. The molecule has 3 atom stereocenters. The predicted molar refractivity (Wildman–Crippen MR) is 149 cm³/mol. The first-order valence-electron chi connectivity index (χ1n) is 13.5. The van der Waals surface area contributed by atoms with Crippen LogP contribution in [-0.2, 0) is 37.3 Å². The summed E-state index contributed by atoms with van der Waals surface area (Å²) in [4.78, 5) is 30.8. The molecule has 0 radical (unpaired) electrons. The highest BCUT2D eigenvalue weighted by atomic mass is 32.2. The van der Waals surface area contributed by atoms with Crippen LogP contribution in [0.2, 0.25) is 0 Å². The quantitative estimate of drug-likeness (QED) is 0.559.